The number of nitrogens with zero attached hydrogens (tertiary/aromatic N) is 1. The van der Waals surface area contributed by atoms with Gasteiger partial charge in [-0.3, -0.25) is 14.9 Å². The van der Waals surface area contributed by atoms with Crippen molar-refractivity contribution in [1.82, 2.24) is 10.3 Å². The number of amides is 2. The third kappa shape index (κ3) is 12.9. The number of methoxy groups -OCH3 is 1. The highest BCUT2D eigenvalue weighted by atomic mass is 35.5. The lowest BCUT2D eigenvalue weighted by Gasteiger charge is -2.36. The van der Waals surface area contributed by atoms with Gasteiger partial charge in [0.25, 0.3) is 0 Å². The Bertz CT molecular complexity index is 2440. The van der Waals surface area contributed by atoms with Crippen LogP contribution in [0.3, 0.4) is 0 Å². The van der Waals surface area contributed by atoms with Crippen LogP contribution in [-0.4, -0.2) is 90.8 Å². The standard InChI is InChI=1S/C42H46ClN5O7.C2HF3O2/c1-48(2)19-17-29(18-20-48)55-42(53)46-34-21-26(9-11-30(34)27-7-5-4-6-8-27)10-15-39(51)45-35-23-38(54-3)28(22-33(35)43)24-44-25-37(50)31-12-14-36(49)41-32(31)13-16-40(52)47-41;3-2(4,5)1(6)7/h4-9,11-14,16,21-23,29,37,44,50H,10,15,17-20,24-25H2,1-3H3,(H3-,45,46,47,49,51,52,53);(H,6,7)/t37-;/m0./s1. The van der Waals surface area contributed by atoms with Crippen LogP contribution in [0.5, 0.6) is 11.5 Å². The highest BCUT2D eigenvalue weighted by molar-refractivity contribution is 6.33. The summed E-state index contributed by atoms with van der Waals surface area (Å²) in [5.41, 5.74) is 4.82. The van der Waals surface area contributed by atoms with Crippen molar-refractivity contribution in [3.05, 3.63) is 117 Å². The number of phenols is 1. The number of hydrogen-bond acceptors (Lipinski definition) is 10. The summed E-state index contributed by atoms with van der Waals surface area (Å²) in [5, 5.41) is 39.8. The zero-order valence-corrected chi connectivity index (χ0v) is 34.9. The van der Waals surface area contributed by atoms with Crippen molar-refractivity contribution < 1.29 is 56.8 Å². The molecule has 6 rings (SSSR count). The molecule has 0 aliphatic carbocycles. The predicted octanol–water partition coefficient (Wildman–Crippen LogP) is 6.04. The molecule has 0 radical (unpaired) electrons. The van der Waals surface area contributed by atoms with E-state index >= 15 is 0 Å². The lowest BCUT2D eigenvalue weighted by molar-refractivity contribution is -0.896. The zero-order chi connectivity index (χ0) is 45.2. The summed E-state index contributed by atoms with van der Waals surface area (Å²) in [5.74, 6) is -2.85. The van der Waals surface area contributed by atoms with Crippen LogP contribution < -0.4 is 31.4 Å². The van der Waals surface area contributed by atoms with Crippen molar-refractivity contribution in [3.8, 4) is 22.6 Å². The Morgan fingerprint density at radius 2 is 1.66 bits per heavy atom. The number of carbonyl (C=O) groups excluding carboxylic acids is 3. The number of carboxylic acids is 1. The van der Waals surface area contributed by atoms with E-state index in [1.165, 1.54) is 19.2 Å². The summed E-state index contributed by atoms with van der Waals surface area (Å²) in [6.07, 6.45) is -4.58. The molecule has 5 aromatic rings. The number of aromatic amines is 1. The number of benzene rings is 4. The number of aromatic nitrogens is 1. The number of likely N-dealkylation sites (tertiary alicyclic amines) is 1. The molecule has 0 bridgehead atoms. The Kier molecular flexibility index (Phi) is 15.6. The van der Waals surface area contributed by atoms with E-state index in [-0.39, 0.29) is 41.8 Å². The van der Waals surface area contributed by atoms with Crippen molar-refractivity contribution in [2.75, 3.05) is 51.5 Å². The van der Waals surface area contributed by atoms with Gasteiger partial charge in [-0.1, -0.05) is 60.1 Å². The van der Waals surface area contributed by atoms with Crippen LogP contribution in [0.1, 0.15) is 42.1 Å². The first kappa shape index (κ1) is 46.9. The van der Waals surface area contributed by atoms with E-state index in [1.54, 1.807) is 24.3 Å². The number of aromatic hydroxyl groups is 1. The number of fused-ring (bicyclic) bond motifs is 1. The number of piperidine rings is 1. The number of quaternary nitrogens is 1. The topological polar surface area (TPSA) is 202 Å². The van der Waals surface area contributed by atoms with E-state index in [1.807, 2.05) is 48.5 Å². The Morgan fingerprint density at radius 3 is 2.32 bits per heavy atom. The third-order valence-electron chi connectivity index (χ3n) is 10.2. The Balaban J connectivity index is 0.000000955. The van der Waals surface area contributed by atoms with Crippen molar-refractivity contribution in [2.45, 2.75) is 50.6 Å². The molecule has 0 spiro atoms. The zero-order valence-electron chi connectivity index (χ0n) is 34.1. The molecule has 6 N–H and O–H groups in total. The SMILES string of the molecule is COc1cc(NC(=O)CCc2ccc(-c3ccccc3)c(NC(=O)OC3CC[N+](C)(C)CC3)c2)c(Cl)cc1CNC[C@H](O)c1ccc(O)c2[nH]c(=O)ccc12.O=C([O-])C(F)(F)F. The third-order valence-corrected chi connectivity index (χ3v) is 10.5. The molecule has 330 valence electrons. The molecular formula is C44H47ClF3N5O9. The van der Waals surface area contributed by atoms with Crippen LogP contribution in [0, 0.1) is 0 Å². The second-order valence-electron chi connectivity index (χ2n) is 15.3. The Labute approximate surface area is 359 Å². The number of rotatable bonds is 13. The van der Waals surface area contributed by atoms with E-state index in [0.29, 0.717) is 51.6 Å². The lowest BCUT2D eigenvalue weighted by atomic mass is 9.99. The molecule has 1 aromatic heterocycles. The molecule has 1 fully saturated rings. The second kappa shape index (κ2) is 20.6. The number of carboxylic acid groups (broad SMARTS) is 1. The van der Waals surface area contributed by atoms with Gasteiger partial charge in [-0.2, -0.15) is 13.2 Å². The van der Waals surface area contributed by atoms with Gasteiger partial charge in [-0.05, 0) is 47.4 Å². The first-order chi connectivity index (χ1) is 29.3. The molecule has 2 heterocycles. The minimum atomic E-state index is -5.19. The number of aliphatic hydroxyl groups excluding tert-OH is 1. The van der Waals surface area contributed by atoms with Gasteiger partial charge in [0.1, 0.15) is 23.6 Å². The number of phenolic OH excluding ortho intramolecular Hbond substituents is 1. The lowest BCUT2D eigenvalue weighted by Crippen LogP contribution is -2.48. The van der Waals surface area contributed by atoms with Crippen molar-refractivity contribution in [2.24, 2.45) is 0 Å². The summed E-state index contributed by atoms with van der Waals surface area (Å²) >= 11 is 6.63. The molecule has 0 unspecified atom stereocenters. The maximum atomic E-state index is 13.2. The van der Waals surface area contributed by atoms with Crippen LogP contribution in [0.15, 0.2) is 89.7 Å². The van der Waals surface area contributed by atoms with Crippen LogP contribution in [-0.2, 0) is 27.3 Å². The maximum Gasteiger partial charge on any atom is 0.430 e. The van der Waals surface area contributed by atoms with Gasteiger partial charge in [0, 0.05) is 61.0 Å². The number of hydrogen-bond donors (Lipinski definition) is 6. The summed E-state index contributed by atoms with van der Waals surface area (Å²) in [6, 6.07) is 24.9. The van der Waals surface area contributed by atoms with Crippen molar-refractivity contribution in [1.29, 1.82) is 0 Å². The molecule has 2 amide bonds. The largest absolute Gasteiger partial charge is 0.542 e. The average molecular weight is 882 g/mol. The van der Waals surface area contributed by atoms with Gasteiger partial charge in [-0.15, -0.1) is 0 Å². The number of aryl methyl sites for hydroxylation is 1. The molecule has 1 aliphatic heterocycles. The number of aliphatic hydroxyl groups is 1. The van der Waals surface area contributed by atoms with Crippen molar-refractivity contribution in [3.63, 3.8) is 0 Å². The molecule has 4 aromatic carbocycles. The number of aliphatic carboxylic acids is 1. The number of halogens is 4. The van der Waals surface area contributed by atoms with E-state index in [2.05, 4.69) is 35.0 Å². The molecule has 62 heavy (non-hydrogen) atoms. The van der Waals surface area contributed by atoms with Crippen LogP contribution in [0.2, 0.25) is 5.02 Å². The first-order valence-corrected chi connectivity index (χ1v) is 19.9. The van der Waals surface area contributed by atoms with Crippen molar-refractivity contribution >= 4 is 51.8 Å². The average Bonchev–Trinajstić information content (AvgIpc) is 3.22. The fraction of sp³-hybridized carbons (Fsp3) is 0.318. The van der Waals surface area contributed by atoms with E-state index in [9.17, 15) is 37.8 Å². The van der Waals surface area contributed by atoms with Crippen LogP contribution >= 0.6 is 11.6 Å². The molecule has 0 saturated carbocycles. The van der Waals surface area contributed by atoms with Gasteiger partial charge in [0.05, 0.1) is 62.3 Å². The summed E-state index contributed by atoms with van der Waals surface area (Å²) in [6.45, 7) is 2.34. The van der Waals surface area contributed by atoms with E-state index in [0.717, 1.165) is 47.1 Å². The maximum absolute atomic E-state index is 13.2. The highest BCUT2D eigenvalue weighted by Crippen LogP contribution is 2.33. The second-order valence-corrected chi connectivity index (χ2v) is 15.7. The highest BCUT2D eigenvalue weighted by Gasteiger charge is 2.30. The monoisotopic (exact) mass is 881 g/mol. The Morgan fingerprint density at radius 1 is 0.968 bits per heavy atom. The summed E-state index contributed by atoms with van der Waals surface area (Å²) in [4.78, 5) is 49.4. The number of pyridine rings is 1. The number of ether oxygens (including phenoxy) is 2. The smallest absolute Gasteiger partial charge is 0.430 e. The molecule has 1 aliphatic rings. The molecule has 1 atom stereocenters. The predicted molar refractivity (Wildman–Crippen MR) is 226 cm³/mol. The molecular weight excluding hydrogens is 835 g/mol. The summed E-state index contributed by atoms with van der Waals surface area (Å²) in [7, 11) is 5.88. The minimum absolute atomic E-state index is 0.0837. The van der Waals surface area contributed by atoms with E-state index in [4.69, 9.17) is 31.0 Å². The van der Waals surface area contributed by atoms with Gasteiger partial charge in [0.2, 0.25) is 11.5 Å². The fourth-order valence-corrected chi connectivity index (χ4v) is 7.10. The van der Waals surface area contributed by atoms with Gasteiger partial charge >= 0.3 is 12.3 Å². The fourth-order valence-electron chi connectivity index (χ4n) is 6.86. The molecule has 18 heteroatoms. The molecule has 1 saturated heterocycles. The number of H-pyrrole nitrogens is 1. The number of alkyl halides is 3. The van der Waals surface area contributed by atoms with Gasteiger partial charge in [0.15, 0.2) is 0 Å². The van der Waals surface area contributed by atoms with Crippen LogP contribution in [0.4, 0.5) is 29.3 Å². The van der Waals surface area contributed by atoms with Gasteiger partial charge < -0.3 is 49.7 Å². The normalized spacial score (nSPS) is 14.3. The summed E-state index contributed by atoms with van der Waals surface area (Å²) < 4.78 is 43.9. The van der Waals surface area contributed by atoms with Crippen LogP contribution in [0.25, 0.3) is 22.0 Å². The van der Waals surface area contributed by atoms with E-state index < -0.39 is 24.3 Å². The number of nitrogens with one attached hydrogen (secondary N) is 4. The number of carbonyl (C=O) groups is 3. The quantitative estimate of drug-likeness (QED) is 0.0757. The molecule has 14 nitrogen and oxygen atoms in total. The Hall–Kier alpha value is -6.14. The first-order valence-electron chi connectivity index (χ1n) is 19.5. The number of anilines is 2. The minimum Gasteiger partial charge on any atom is -0.542 e. The van der Waals surface area contributed by atoms with Gasteiger partial charge in [-0.25, -0.2) is 4.79 Å².